The van der Waals surface area contributed by atoms with Crippen LogP contribution in [0.25, 0.3) is 5.95 Å². The van der Waals surface area contributed by atoms with Crippen molar-refractivity contribution in [3.8, 4) is 5.95 Å². The summed E-state index contributed by atoms with van der Waals surface area (Å²) in [7, 11) is -1.33. The minimum absolute atomic E-state index is 0.256. The minimum Gasteiger partial charge on any atom is -0.328 e. The molecule has 0 spiro atoms. The fraction of sp³-hybridized carbons (Fsp3) is 0.235. The molecule has 0 fully saturated rings. The van der Waals surface area contributed by atoms with Gasteiger partial charge >= 0.3 is 6.03 Å². The number of halogens is 2. The highest BCUT2D eigenvalue weighted by atomic mass is 35.5. The summed E-state index contributed by atoms with van der Waals surface area (Å²) in [5.74, 6) is -0.313. The number of nitrogens with one attached hydrogen (secondary N) is 2. The summed E-state index contributed by atoms with van der Waals surface area (Å²) in [4.78, 5) is 24.3. The van der Waals surface area contributed by atoms with Gasteiger partial charge in [0.05, 0.1) is 16.8 Å². The lowest BCUT2D eigenvalue weighted by molar-refractivity contribution is 0.248. The van der Waals surface area contributed by atoms with Crippen LogP contribution in [0.2, 0.25) is 5.02 Å². The molecule has 0 bridgehead atoms. The SMILES string of the molecule is CC(NC(=O)Nc1cc(S(=O)(=O)N(C)C)c(Cl)cc1F)c1ncnn1-c1ncccn1. The molecule has 2 amide bonds. The van der Waals surface area contributed by atoms with E-state index < -0.39 is 27.9 Å². The Morgan fingerprint density at radius 3 is 2.55 bits per heavy atom. The predicted molar refractivity (Wildman–Crippen MR) is 110 cm³/mol. The van der Waals surface area contributed by atoms with Crippen molar-refractivity contribution in [3.05, 3.63) is 53.6 Å². The average molecular weight is 469 g/mol. The topological polar surface area (TPSA) is 135 Å². The van der Waals surface area contributed by atoms with Crippen molar-refractivity contribution in [1.82, 2.24) is 34.4 Å². The van der Waals surface area contributed by atoms with E-state index in [0.717, 1.165) is 16.4 Å². The van der Waals surface area contributed by atoms with E-state index in [1.54, 1.807) is 13.0 Å². The zero-order chi connectivity index (χ0) is 22.8. The van der Waals surface area contributed by atoms with Crippen molar-refractivity contribution < 1.29 is 17.6 Å². The summed E-state index contributed by atoms with van der Waals surface area (Å²) in [5.41, 5.74) is -0.359. The molecule has 31 heavy (non-hydrogen) atoms. The molecule has 0 aliphatic heterocycles. The van der Waals surface area contributed by atoms with Crippen LogP contribution in [0.4, 0.5) is 14.9 Å². The van der Waals surface area contributed by atoms with Crippen molar-refractivity contribution in [3.63, 3.8) is 0 Å². The van der Waals surface area contributed by atoms with Crippen LogP contribution in [0.1, 0.15) is 18.8 Å². The Labute approximate surface area is 182 Å². The number of anilines is 1. The van der Waals surface area contributed by atoms with E-state index >= 15 is 0 Å². The molecule has 3 aromatic rings. The first kappa shape index (κ1) is 22.5. The number of hydrogen-bond donors (Lipinski definition) is 2. The van der Waals surface area contributed by atoms with E-state index in [9.17, 15) is 17.6 Å². The fourth-order valence-electron chi connectivity index (χ4n) is 2.54. The number of rotatable bonds is 6. The van der Waals surface area contributed by atoms with Crippen LogP contribution in [0, 0.1) is 5.82 Å². The summed E-state index contributed by atoms with van der Waals surface area (Å²) in [6.45, 7) is 1.63. The largest absolute Gasteiger partial charge is 0.328 e. The highest BCUT2D eigenvalue weighted by molar-refractivity contribution is 7.89. The molecule has 1 atom stereocenters. The van der Waals surface area contributed by atoms with Crippen molar-refractivity contribution in [2.24, 2.45) is 0 Å². The Kier molecular flexibility index (Phi) is 6.48. The van der Waals surface area contributed by atoms with Crippen molar-refractivity contribution in [2.75, 3.05) is 19.4 Å². The Hall–Kier alpha value is -3.16. The molecule has 0 saturated carbocycles. The number of amides is 2. The van der Waals surface area contributed by atoms with Gasteiger partial charge in [-0.05, 0) is 25.1 Å². The van der Waals surface area contributed by atoms with Crippen LogP contribution in [0.15, 0.2) is 41.8 Å². The fourth-order valence-corrected chi connectivity index (χ4v) is 3.95. The standard InChI is InChI=1S/C17H18ClFN8O3S/c1-10(15-22-9-23-27(15)16-20-5-4-6-21-16)24-17(28)25-13-8-14(11(18)7-12(13)19)31(29,30)26(2)3/h4-10H,1-3H3,(H2,24,25,28). The molecular formula is C17H18ClFN8O3S. The molecule has 0 radical (unpaired) electrons. The summed E-state index contributed by atoms with van der Waals surface area (Å²) >= 11 is 5.89. The normalized spacial score (nSPS) is 12.6. The molecule has 0 aliphatic carbocycles. The van der Waals surface area contributed by atoms with Gasteiger partial charge in [0.25, 0.3) is 5.95 Å². The molecular weight excluding hydrogens is 451 g/mol. The molecule has 164 valence electrons. The predicted octanol–water partition coefficient (Wildman–Crippen LogP) is 1.98. The van der Waals surface area contributed by atoms with E-state index in [1.165, 1.54) is 37.5 Å². The van der Waals surface area contributed by atoms with Gasteiger partial charge in [-0.15, -0.1) is 0 Å². The molecule has 2 heterocycles. The first-order chi connectivity index (χ1) is 14.6. The van der Waals surface area contributed by atoms with Crippen LogP contribution in [0.5, 0.6) is 0 Å². The van der Waals surface area contributed by atoms with Crippen molar-refractivity contribution >= 4 is 33.3 Å². The van der Waals surface area contributed by atoms with Gasteiger partial charge < -0.3 is 10.6 Å². The van der Waals surface area contributed by atoms with Gasteiger partial charge in [-0.3, -0.25) is 0 Å². The van der Waals surface area contributed by atoms with Crippen LogP contribution in [-0.2, 0) is 10.0 Å². The smallest absolute Gasteiger partial charge is 0.319 e. The first-order valence-corrected chi connectivity index (χ1v) is 10.6. The van der Waals surface area contributed by atoms with Crippen molar-refractivity contribution in [1.29, 1.82) is 0 Å². The highest BCUT2D eigenvalue weighted by Crippen LogP contribution is 2.29. The second kappa shape index (κ2) is 8.91. The minimum atomic E-state index is -3.95. The number of carbonyl (C=O) groups excluding carboxylic acids is 1. The Morgan fingerprint density at radius 2 is 1.90 bits per heavy atom. The zero-order valence-electron chi connectivity index (χ0n) is 16.6. The maximum atomic E-state index is 14.3. The quantitative estimate of drug-likeness (QED) is 0.564. The molecule has 0 saturated heterocycles. The van der Waals surface area contributed by atoms with Crippen LogP contribution in [0.3, 0.4) is 0 Å². The van der Waals surface area contributed by atoms with Crippen LogP contribution < -0.4 is 10.6 Å². The summed E-state index contributed by atoms with van der Waals surface area (Å²) in [6.07, 6.45) is 4.33. The summed E-state index contributed by atoms with van der Waals surface area (Å²) in [6, 6.07) is 1.94. The third-order valence-corrected chi connectivity index (χ3v) is 6.36. The first-order valence-electron chi connectivity index (χ1n) is 8.77. The number of nitrogens with zero attached hydrogens (tertiary/aromatic N) is 6. The van der Waals surface area contributed by atoms with E-state index in [-0.39, 0.29) is 21.6 Å². The van der Waals surface area contributed by atoms with Gasteiger partial charge in [0.1, 0.15) is 17.0 Å². The maximum absolute atomic E-state index is 14.3. The summed E-state index contributed by atoms with van der Waals surface area (Å²) < 4.78 is 41.3. The monoisotopic (exact) mass is 468 g/mol. The molecule has 1 unspecified atom stereocenters. The van der Waals surface area contributed by atoms with Gasteiger partial charge in [0.2, 0.25) is 10.0 Å². The molecule has 2 N–H and O–H groups in total. The van der Waals surface area contributed by atoms with Gasteiger partial charge in [-0.25, -0.2) is 36.9 Å². The molecule has 14 heteroatoms. The van der Waals surface area contributed by atoms with E-state index in [0.29, 0.717) is 5.82 Å². The second-order valence-corrected chi connectivity index (χ2v) is 8.98. The van der Waals surface area contributed by atoms with E-state index in [1.807, 2.05) is 0 Å². The Morgan fingerprint density at radius 1 is 1.23 bits per heavy atom. The third-order valence-electron chi connectivity index (χ3n) is 4.08. The number of aromatic nitrogens is 5. The van der Waals surface area contributed by atoms with E-state index in [2.05, 4.69) is 30.7 Å². The molecule has 1 aromatic carbocycles. The van der Waals surface area contributed by atoms with E-state index in [4.69, 9.17) is 11.6 Å². The third kappa shape index (κ3) is 4.78. The number of urea groups is 1. The summed E-state index contributed by atoms with van der Waals surface area (Å²) in [5, 5.41) is 8.60. The van der Waals surface area contributed by atoms with Crippen LogP contribution >= 0.6 is 11.6 Å². The Balaban J connectivity index is 1.80. The molecule has 2 aromatic heterocycles. The van der Waals surface area contributed by atoms with Crippen LogP contribution in [-0.4, -0.2) is 57.6 Å². The Bertz CT molecular complexity index is 1200. The molecule has 11 nitrogen and oxygen atoms in total. The lowest BCUT2D eigenvalue weighted by atomic mass is 10.3. The molecule has 0 aliphatic rings. The maximum Gasteiger partial charge on any atom is 0.319 e. The number of sulfonamides is 1. The second-order valence-electron chi connectivity index (χ2n) is 6.45. The van der Waals surface area contributed by atoms with Crippen molar-refractivity contribution in [2.45, 2.75) is 17.9 Å². The zero-order valence-corrected chi connectivity index (χ0v) is 18.2. The van der Waals surface area contributed by atoms with Gasteiger partial charge in [-0.2, -0.15) is 9.78 Å². The molecule has 3 rings (SSSR count). The lowest BCUT2D eigenvalue weighted by Gasteiger charge is -2.17. The number of hydrogen-bond acceptors (Lipinski definition) is 7. The number of carbonyl (C=O) groups is 1. The average Bonchev–Trinajstić information content (AvgIpc) is 3.20. The van der Waals surface area contributed by atoms with Gasteiger partial charge in [0.15, 0.2) is 5.82 Å². The highest BCUT2D eigenvalue weighted by Gasteiger charge is 2.24. The lowest BCUT2D eigenvalue weighted by Crippen LogP contribution is -2.33. The van der Waals surface area contributed by atoms with Gasteiger partial charge in [-0.1, -0.05) is 11.6 Å². The number of benzene rings is 1. The van der Waals surface area contributed by atoms with Gasteiger partial charge in [0, 0.05) is 26.5 Å².